The molecule has 0 spiro atoms. The molecule has 0 aliphatic heterocycles. The van der Waals surface area contributed by atoms with Crippen molar-refractivity contribution in [2.24, 2.45) is 5.92 Å². The van der Waals surface area contributed by atoms with Gasteiger partial charge in [0.25, 0.3) is 0 Å². The first-order chi connectivity index (χ1) is 6.57. The van der Waals surface area contributed by atoms with Gasteiger partial charge in [-0.3, -0.25) is 4.57 Å². The molecule has 0 amide bonds. The van der Waals surface area contributed by atoms with Crippen LogP contribution in [0.3, 0.4) is 0 Å². The van der Waals surface area contributed by atoms with E-state index in [4.69, 9.17) is 8.74 Å². The minimum atomic E-state index is -2.88. The van der Waals surface area contributed by atoms with Gasteiger partial charge in [0.1, 0.15) is 0 Å². The summed E-state index contributed by atoms with van der Waals surface area (Å²) in [7, 11) is -4.67. The average molecular weight is 252 g/mol. The van der Waals surface area contributed by atoms with Gasteiger partial charge in [0.05, 0.1) is 6.10 Å². The van der Waals surface area contributed by atoms with Gasteiger partial charge in [-0.25, -0.2) is 0 Å². The van der Waals surface area contributed by atoms with Crippen molar-refractivity contribution in [3.63, 3.8) is 0 Å². The summed E-state index contributed by atoms with van der Waals surface area (Å²) in [5.74, 6) is 0.369. The van der Waals surface area contributed by atoms with Crippen LogP contribution in [-0.4, -0.2) is 21.1 Å². The van der Waals surface area contributed by atoms with Crippen LogP contribution in [0.15, 0.2) is 0 Å². The largest absolute Gasteiger partial charge is 0.351 e. The van der Waals surface area contributed by atoms with Crippen LogP contribution in [0.5, 0.6) is 0 Å². The second-order valence-corrected chi connectivity index (χ2v) is 12.0. The molecule has 0 bridgehead atoms. The van der Waals surface area contributed by atoms with Crippen LogP contribution < -0.4 is 0 Å². The van der Waals surface area contributed by atoms with Crippen molar-refractivity contribution >= 4 is 15.9 Å². The summed E-state index contributed by atoms with van der Waals surface area (Å²) < 4.78 is 23.3. The minimum absolute atomic E-state index is 0.0252. The molecule has 0 aliphatic carbocycles. The van der Waals surface area contributed by atoms with Gasteiger partial charge in [-0.2, -0.15) is 0 Å². The first kappa shape index (κ1) is 15.4. The summed E-state index contributed by atoms with van der Waals surface area (Å²) >= 11 is 0. The molecule has 0 heterocycles. The fraction of sp³-hybridized carbons (Fsp3) is 1.00. The Hall–Kier alpha value is 0.367. The Bertz CT molecular complexity index is 235. The third kappa shape index (κ3) is 7.29. The minimum Gasteiger partial charge on any atom is -0.351 e. The lowest BCUT2D eigenvalue weighted by atomic mass is 10.1. The van der Waals surface area contributed by atoms with E-state index in [1.807, 2.05) is 26.6 Å². The van der Waals surface area contributed by atoms with E-state index >= 15 is 0 Å². The fourth-order valence-electron chi connectivity index (χ4n) is 1.43. The summed E-state index contributed by atoms with van der Waals surface area (Å²) in [5.41, 5.74) is 0. The van der Waals surface area contributed by atoms with Gasteiger partial charge in [0.2, 0.25) is 0 Å². The lowest BCUT2D eigenvalue weighted by Gasteiger charge is -2.28. The smallest absolute Gasteiger partial charge is 0.318 e. The molecule has 15 heavy (non-hydrogen) atoms. The van der Waals surface area contributed by atoms with Crippen molar-refractivity contribution in [3.05, 3.63) is 0 Å². The standard InChI is InChI=1S/C10H25O3PSi/c1-8-10(9(2)3)12-14(4,11)13-15(5,6)7/h9-10H,8H2,1-7H3. The molecule has 0 saturated heterocycles. The summed E-state index contributed by atoms with van der Waals surface area (Å²) in [6.07, 6.45) is 0.891. The lowest BCUT2D eigenvalue weighted by Crippen LogP contribution is -2.26. The van der Waals surface area contributed by atoms with E-state index in [0.29, 0.717) is 5.92 Å². The first-order valence-electron chi connectivity index (χ1n) is 5.54. The third-order valence-electron chi connectivity index (χ3n) is 1.91. The summed E-state index contributed by atoms with van der Waals surface area (Å²) in [6, 6.07) is 0. The molecule has 0 N–H and O–H groups in total. The molecule has 2 unspecified atom stereocenters. The Labute approximate surface area is 95.2 Å². The third-order valence-corrected chi connectivity index (χ3v) is 6.08. The maximum atomic E-state index is 12.1. The van der Waals surface area contributed by atoms with Crippen LogP contribution in [0.25, 0.3) is 0 Å². The molecule has 0 rings (SSSR count). The van der Waals surface area contributed by atoms with Crippen LogP contribution >= 0.6 is 7.60 Å². The molecule has 2 atom stereocenters. The van der Waals surface area contributed by atoms with E-state index in [-0.39, 0.29) is 6.10 Å². The van der Waals surface area contributed by atoms with E-state index in [1.54, 1.807) is 6.66 Å². The first-order valence-corrected chi connectivity index (χ1v) is 10.9. The van der Waals surface area contributed by atoms with Crippen molar-refractivity contribution in [1.29, 1.82) is 0 Å². The van der Waals surface area contributed by atoms with Crippen LogP contribution in [0.2, 0.25) is 19.6 Å². The van der Waals surface area contributed by atoms with Crippen LogP contribution in [0.1, 0.15) is 27.2 Å². The summed E-state index contributed by atoms with van der Waals surface area (Å²) in [6.45, 7) is 13.8. The molecule has 5 heteroatoms. The van der Waals surface area contributed by atoms with Gasteiger partial charge in [-0.05, 0) is 32.0 Å². The molecule has 0 aromatic rings. The van der Waals surface area contributed by atoms with Crippen molar-refractivity contribution in [3.8, 4) is 0 Å². The normalized spacial score (nSPS) is 18.9. The highest BCUT2D eigenvalue weighted by Crippen LogP contribution is 2.49. The molecule has 0 radical (unpaired) electrons. The molecule has 0 aromatic heterocycles. The highest BCUT2D eigenvalue weighted by molar-refractivity contribution is 7.54. The molecule has 0 saturated carbocycles. The maximum absolute atomic E-state index is 12.1. The van der Waals surface area contributed by atoms with Gasteiger partial charge in [-0.15, -0.1) is 0 Å². The zero-order chi connectivity index (χ0) is 12.3. The molecule has 3 nitrogen and oxygen atoms in total. The number of hydrogen-bond acceptors (Lipinski definition) is 3. The second-order valence-electron chi connectivity index (χ2n) is 5.27. The SMILES string of the molecule is CCC(OP(C)(=O)O[Si](C)(C)C)C(C)C. The van der Waals surface area contributed by atoms with Crippen molar-refractivity contribution in [2.45, 2.75) is 52.9 Å². The van der Waals surface area contributed by atoms with E-state index in [9.17, 15) is 4.57 Å². The van der Waals surface area contributed by atoms with Gasteiger partial charge in [0.15, 0.2) is 8.32 Å². The quantitative estimate of drug-likeness (QED) is 0.527. The number of rotatable bonds is 6. The zero-order valence-corrected chi connectivity index (χ0v) is 12.9. The predicted molar refractivity (Wildman–Crippen MR) is 68.0 cm³/mol. The lowest BCUT2D eigenvalue weighted by molar-refractivity contribution is 0.132. The summed E-state index contributed by atoms with van der Waals surface area (Å²) in [5, 5.41) is 0. The molecule has 0 aromatic carbocycles. The van der Waals surface area contributed by atoms with Gasteiger partial charge >= 0.3 is 7.60 Å². The van der Waals surface area contributed by atoms with E-state index in [0.717, 1.165) is 6.42 Å². The van der Waals surface area contributed by atoms with E-state index < -0.39 is 15.9 Å². The molecular weight excluding hydrogens is 227 g/mol. The molecular formula is C10H25O3PSi. The Kier molecular flexibility index (Phi) is 5.76. The van der Waals surface area contributed by atoms with Crippen LogP contribution in [0.4, 0.5) is 0 Å². The van der Waals surface area contributed by atoms with E-state index in [1.165, 1.54) is 0 Å². The Morgan fingerprint density at radius 3 is 2.00 bits per heavy atom. The van der Waals surface area contributed by atoms with Gasteiger partial charge in [-0.1, -0.05) is 20.8 Å². The average Bonchev–Trinajstić information content (AvgIpc) is 1.94. The zero-order valence-electron chi connectivity index (χ0n) is 11.0. The monoisotopic (exact) mass is 252 g/mol. The second kappa shape index (κ2) is 5.62. The maximum Gasteiger partial charge on any atom is 0.318 e. The highest BCUT2D eigenvalue weighted by atomic mass is 31.2. The van der Waals surface area contributed by atoms with Crippen molar-refractivity contribution in [2.75, 3.05) is 6.66 Å². The van der Waals surface area contributed by atoms with Crippen molar-refractivity contribution < 1.29 is 13.3 Å². The van der Waals surface area contributed by atoms with Crippen molar-refractivity contribution in [1.82, 2.24) is 0 Å². The Balaban J connectivity index is 4.42. The van der Waals surface area contributed by atoms with Crippen LogP contribution in [-0.2, 0) is 13.3 Å². The molecule has 92 valence electrons. The molecule has 0 aliphatic rings. The summed E-state index contributed by atoms with van der Waals surface area (Å²) in [4.78, 5) is 0. The highest BCUT2D eigenvalue weighted by Gasteiger charge is 2.30. The Morgan fingerprint density at radius 2 is 1.73 bits per heavy atom. The predicted octanol–water partition coefficient (Wildman–Crippen LogP) is 4.11. The topological polar surface area (TPSA) is 35.5 Å². The Morgan fingerprint density at radius 1 is 1.27 bits per heavy atom. The molecule has 0 fully saturated rings. The number of hydrogen-bond donors (Lipinski definition) is 0. The van der Waals surface area contributed by atoms with Gasteiger partial charge < -0.3 is 8.74 Å². The van der Waals surface area contributed by atoms with E-state index in [2.05, 4.69) is 13.8 Å². The van der Waals surface area contributed by atoms with Gasteiger partial charge in [0, 0.05) is 6.66 Å². The fourth-order valence-corrected chi connectivity index (χ4v) is 6.47. The van der Waals surface area contributed by atoms with Crippen LogP contribution in [0, 0.1) is 5.92 Å².